The van der Waals surface area contributed by atoms with Gasteiger partial charge in [-0.05, 0) is 48.4 Å². The van der Waals surface area contributed by atoms with Crippen LogP contribution in [0, 0.1) is 12.7 Å². The lowest BCUT2D eigenvalue weighted by Gasteiger charge is -2.09. The van der Waals surface area contributed by atoms with E-state index in [9.17, 15) is 4.39 Å². The number of benzene rings is 2. The van der Waals surface area contributed by atoms with Crippen LogP contribution in [0.5, 0.6) is 11.5 Å². The zero-order valence-corrected chi connectivity index (χ0v) is 11.4. The van der Waals surface area contributed by atoms with Crippen molar-refractivity contribution in [3.63, 3.8) is 0 Å². The van der Waals surface area contributed by atoms with E-state index in [1.165, 1.54) is 6.07 Å². The summed E-state index contributed by atoms with van der Waals surface area (Å²) in [7, 11) is 0. The van der Waals surface area contributed by atoms with Crippen LogP contribution >= 0.6 is 0 Å². The highest BCUT2D eigenvalue weighted by Crippen LogP contribution is 2.16. The molecule has 0 radical (unpaired) electrons. The Kier molecular flexibility index (Phi) is 4.96. The molecule has 2 aromatic carbocycles. The lowest BCUT2D eigenvalue weighted by atomic mass is 10.2. The van der Waals surface area contributed by atoms with E-state index < -0.39 is 0 Å². The average Bonchev–Trinajstić information content (AvgIpc) is 2.47. The molecule has 0 aliphatic carbocycles. The van der Waals surface area contributed by atoms with Gasteiger partial charge in [0.1, 0.15) is 30.5 Å². The van der Waals surface area contributed by atoms with Crippen molar-refractivity contribution in [2.75, 3.05) is 13.2 Å². The van der Waals surface area contributed by atoms with Crippen LogP contribution in [0.3, 0.4) is 0 Å². The molecule has 4 heteroatoms. The predicted octanol–water partition coefficient (Wildman–Crippen LogP) is 3.05. The minimum Gasteiger partial charge on any atom is -0.490 e. The molecule has 0 fully saturated rings. The van der Waals surface area contributed by atoms with E-state index in [0.29, 0.717) is 31.1 Å². The van der Waals surface area contributed by atoms with E-state index in [1.54, 1.807) is 19.1 Å². The Hall–Kier alpha value is -2.07. The Bertz CT molecular complexity index is 572. The van der Waals surface area contributed by atoms with Crippen molar-refractivity contribution < 1.29 is 13.9 Å². The van der Waals surface area contributed by atoms with Crippen molar-refractivity contribution in [1.82, 2.24) is 0 Å². The molecule has 0 aliphatic heterocycles. The number of hydrogen-bond donors (Lipinski definition) is 1. The second-order valence-electron chi connectivity index (χ2n) is 4.46. The smallest absolute Gasteiger partial charge is 0.126 e. The fourth-order valence-corrected chi connectivity index (χ4v) is 1.79. The van der Waals surface area contributed by atoms with Crippen LogP contribution in [0.1, 0.15) is 11.1 Å². The highest BCUT2D eigenvalue weighted by molar-refractivity contribution is 5.29. The molecule has 0 atom stereocenters. The fraction of sp³-hybridized carbons (Fsp3) is 0.250. The van der Waals surface area contributed by atoms with E-state index in [2.05, 4.69) is 0 Å². The fourth-order valence-electron chi connectivity index (χ4n) is 1.79. The first-order valence-corrected chi connectivity index (χ1v) is 6.50. The van der Waals surface area contributed by atoms with Crippen molar-refractivity contribution in [1.29, 1.82) is 0 Å². The van der Waals surface area contributed by atoms with Gasteiger partial charge in [-0.2, -0.15) is 0 Å². The van der Waals surface area contributed by atoms with Crippen molar-refractivity contribution >= 4 is 0 Å². The van der Waals surface area contributed by atoms with E-state index >= 15 is 0 Å². The molecule has 0 saturated heterocycles. The van der Waals surface area contributed by atoms with E-state index in [4.69, 9.17) is 15.2 Å². The van der Waals surface area contributed by atoms with E-state index in [1.807, 2.05) is 24.3 Å². The van der Waals surface area contributed by atoms with Gasteiger partial charge in [-0.15, -0.1) is 0 Å². The molecule has 0 heterocycles. The van der Waals surface area contributed by atoms with Gasteiger partial charge >= 0.3 is 0 Å². The van der Waals surface area contributed by atoms with Gasteiger partial charge in [0.25, 0.3) is 0 Å². The monoisotopic (exact) mass is 275 g/mol. The lowest BCUT2D eigenvalue weighted by molar-refractivity contribution is 0.217. The van der Waals surface area contributed by atoms with Crippen molar-refractivity contribution in [2.45, 2.75) is 13.5 Å². The van der Waals surface area contributed by atoms with Crippen LogP contribution in [0.15, 0.2) is 42.5 Å². The zero-order valence-electron chi connectivity index (χ0n) is 11.4. The van der Waals surface area contributed by atoms with Crippen molar-refractivity contribution in [3.05, 3.63) is 59.4 Å². The quantitative estimate of drug-likeness (QED) is 0.824. The number of halogens is 1. The number of nitrogens with two attached hydrogens (primary N) is 1. The van der Waals surface area contributed by atoms with E-state index in [-0.39, 0.29) is 5.82 Å². The summed E-state index contributed by atoms with van der Waals surface area (Å²) in [5, 5.41) is 0. The Labute approximate surface area is 118 Å². The Balaban J connectivity index is 1.79. The van der Waals surface area contributed by atoms with Gasteiger partial charge < -0.3 is 15.2 Å². The third kappa shape index (κ3) is 3.96. The summed E-state index contributed by atoms with van der Waals surface area (Å²) in [6.07, 6.45) is 0. The van der Waals surface area contributed by atoms with Crippen molar-refractivity contribution in [3.8, 4) is 11.5 Å². The van der Waals surface area contributed by atoms with Gasteiger partial charge in [0.05, 0.1) is 0 Å². The zero-order chi connectivity index (χ0) is 14.4. The third-order valence-corrected chi connectivity index (χ3v) is 2.88. The number of ether oxygens (including phenoxy) is 2. The predicted molar refractivity (Wildman–Crippen MR) is 76.5 cm³/mol. The minimum atomic E-state index is -0.229. The summed E-state index contributed by atoms with van der Waals surface area (Å²) in [6.45, 7) is 3.02. The van der Waals surface area contributed by atoms with Crippen LogP contribution in [0.4, 0.5) is 4.39 Å². The molecule has 0 aromatic heterocycles. The first-order valence-electron chi connectivity index (χ1n) is 6.50. The summed E-state index contributed by atoms with van der Waals surface area (Å²) in [5.41, 5.74) is 7.16. The summed E-state index contributed by atoms with van der Waals surface area (Å²) in [4.78, 5) is 0. The lowest BCUT2D eigenvalue weighted by Crippen LogP contribution is -2.09. The molecule has 2 rings (SSSR count). The molecular weight excluding hydrogens is 257 g/mol. The number of hydrogen-bond acceptors (Lipinski definition) is 3. The highest BCUT2D eigenvalue weighted by atomic mass is 19.1. The van der Waals surface area contributed by atoms with Gasteiger partial charge in [0, 0.05) is 6.54 Å². The molecule has 3 nitrogen and oxygen atoms in total. The van der Waals surface area contributed by atoms with Crippen LogP contribution in [-0.4, -0.2) is 13.2 Å². The topological polar surface area (TPSA) is 44.5 Å². The summed E-state index contributed by atoms with van der Waals surface area (Å²) < 4.78 is 24.2. The van der Waals surface area contributed by atoms with E-state index in [0.717, 1.165) is 11.3 Å². The summed E-state index contributed by atoms with van der Waals surface area (Å²) in [6, 6.07) is 12.3. The molecule has 20 heavy (non-hydrogen) atoms. The molecule has 0 saturated carbocycles. The second-order valence-corrected chi connectivity index (χ2v) is 4.46. The molecule has 0 spiro atoms. The SMILES string of the molecule is Cc1cc(OCCOc2cccc(CN)c2)ccc1F. The molecule has 106 valence electrons. The minimum absolute atomic E-state index is 0.229. The maximum absolute atomic E-state index is 13.1. The maximum atomic E-state index is 13.1. The van der Waals surface area contributed by atoms with Gasteiger partial charge in [0.2, 0.25) is 0 Å². The van der Waals surface area contributed by atoms with Crippen molar-refractivity contribution in [2.24, 2.45) is 5.73 Å². The van der Waals surface area contributed by atoms with Crippen LogP contribution in [0.2, 0.25) is 0 Å². The van der Waals surface area contributed by atoms with Crippen LogP contribution < -0.4 is 15.2 Å². The van der Waals surface area contributed by atoms with Gasteiger partial charge in [-0.25, -0.2) is 4.39 Å². The Morgan fingerprint density at radius 3 is 2.35 bits per heavy atom. The van der Waals surface area contributed by atoms with Crippen LogP contribution in [-0.2, 0) is 6.54 Å². The Morgan fingerprint density at radius 1 is 1.00 bits per heavy atom. The molecule has 0 aliphatic rings. The number of rotatable bonds is 6. The van der Waals surface area contributed by atoms with Gasteiger partial charge in [0.15, 0.2) is 0 Å². The molecule has 2 N–H and O–H groups in total. The normalized spacial score (nSPS) is 10.3. The highest BCUT2D eigenvalue weighted by Gasteiger charge is 2.00. The largest absolute Gasteiger partial charge is 0.490 e. The first-order chi connectivity index (χ1) is 9.69. The standard InChI is InChI=1S/C16H18FNO2/c1-12-9-15(5-6-16(12)17)20-8-7-19-14-4-2-3-13(10-14)11-18/h2-6,9-10H,7-8,11,18H2,1H3. The first kappa shape index (κ1) is 14.3. The number of aryl methyl sites for hydroxylation is 1. The second kappa shape index (κ2) is 6.91. The maximum Gasteiger partial charge on any atom is 0.126 e. The van der Waals surface area contributed by atoms with Gasteiger partial charge in [-0.1, -0.05) is 12.1 Å². The molecular formula is C16H18FNO2. The van der Waals surface area contributed by atoms with Crippen LogP contribution in [0.25, 0.3) is 0 Å². The van der Waals surface area contributed by atoms with Gasteiger partial charge in [-0.3, -0.25) is 0 Å². The summed E-state index contributed by atoms with van der Waals surface area (Å²) >= 11 is 0. The molecule has 0 bridgehead atoms. The average molecular weight is 275 g/mol. The molecule has 2 aromatic rings. The third-order valence-electron chi connectivity index (χ3n) is 2.88. The summed E-state index contributed by atoms with van der Waals surface area (Å²) in [5.74, 6) is 1.18. The molecule has 0 amide bonds. The molecule has 0 unspecified atom stereocenters. The Morgan fingerprint density at radius 2 is 1.70 bits per heavy atom.